The summed E-state index contributed by atoms with van der Waals surface area (Å²) in [6.45, 7) is 0. The van der Waals surface area contributed by atoms with Gasteiger partial charge in [0.05, 0.1) is 12.7 Å². The van der Waals surface area contributed by atoms with Gasteiger partial charge < -0.3 is 9.47 Å². The lowest BCUT2D eigenvalue weighted by atomic mass is 10.2. The van der Waals surface area contributed by atoms with Gasteiger partial charge in [-0.15, -0.1) is 0 Å². The summed E-state index contributed by atoms with van der Waals surface area (Å²) >= 11 is 2.09. The van der Waals surface area contributed by atoms with Gasteiger partial charge in [0.15, 0.2) is 0 Å². The second kappa shape index (κ2) is 5.06. The number of halogens is 1. The van der Waals surface area contributed by atoms with Gasteiger partial charge in [0.1, 0.15) is 10.4 Å². The summed E-state index contributed by atoms with van der Waals surface area (Å²) in [4.78, 5) is 11.1. The lowest BCUT2D eigenvalue weighted by Gasteiger charge is -2.03. The van der Waals surface area contributed by atoms with Crippen LogP contribution in [0.4, 0.5) is 0 Å². The van der Waals surface area contributed by atoms with Gasteiger partial charge in [0.25, 0.3) is 0 Å². The number of esters is 1. The maximum atomic E-state index is 11.1. The normalized spacial score (nSPS) is 9.38. The van der Waals surface area contributed by atoms with E-state index in [1.807, 2.05) is 0 Å². The highest BCUT2D eigenvalue weighted by molar-refractivity contribution is 14.1. The van der Waals surface area contributed by atoms with Crippen LogP contribution in [0.1, 0.15) is 10.4 Å². The molecule has 1 rings (SSSR count). The van der Waals surface area contributed by atoms with Crippen LogP contribution in [0.2, 0.25) is 0 Å². The summed E-state index contributed by atoms with van der Waals surface area (Å²) in [5.41, 5.74) is 0.504. The van der Waals surface area contributed by atoms with Gasteiger partial charge in [-0.3, -0.25) is 0 Å². The number of benzene rings is 1. The molecule has 0 aliphatic heterocycles. The largest absolute Gasteiger partial charge is 0.483 e. The SMILES string of the molecule is COC(=O)c1cccc(OCI)c1. The fourth-order valence-corrected chi connectivity index (χ4v) is 1.25. The first-order valence-electron chi connectivity index (χ1n) is 3.65. The molecule has 0 aliphatic carbocycles. The van der Waals surface area contributed by atoms with Crippen LogP contribution in [0.5, 0.6) is 5.75 Å². The molecular formula is C9H9IO3. The summed E-state index contributed by atoms with van der Waals surface area (Å²) in [7, 11) is 1.36. The van der Waals surface area contributed by atoms with Gasteiger partial charge in [-0.25, -0.2) is 4.79 Å². The Hall–Kier alpha value is -0.780. The molecule has 0 radical (unpaired) electrons. The Morgan fingerprint density at radius 1 is 1.54 bits per heavy atom. The van der Waals surface area contributed by atoms with Crippen molar-refractivity contribution >= 4 is 28.6 Å². The topological polar surface area (TPSA) is 35.5 Å². The quantitative estimate of drug-likeness (QED) is 0.487. The molecular weight excluding hydrogens is 283 g/mol. The van der Waals surface area contributed by atoms with E-state index in [1.54, 1.807) is 24.3 Å². The molecule has 4 heteroatoms. The molecule has 13 heavy (non-hydrogen) atoms. The monoisotopic (exact) mass is 292 g/mol. The van der Waals surface area contributed by atoms with Crippen molar-refractivity contribution in [1.82, 2.24) is 0 Å². The van der Waals surface area contributed by atoms with E-state index in [0.29, 0.717) is 15.9 Å². The smallest absolute Gasteiger partial charge is 0.337 e. The summed E-state index contributed by atoms with van der Waals surface area (Å²) in [5.74, 6) is 0.330. The highest BCUT2D eigenvalue weighted by Gasteiger charge is 2.05. The van der Waals surface area contributed by atoms with Gasteiger partial charge >= 0.3 is 5.97 Å². The van der Waals surface area contributed by atoms with Crippen molar-refractivity contribution in [2.75, 3.05) is 11.7 Å². The second-order valence-electron chi connectivity index (χ2n) is 2.27. The minimum Gasteiger partial charge on any atom is -0.483 e. The lowest BCUT2D eigenvalue weighted by molar-refractivity contribution is 0.0600. The Labute approximate surface area is 90.2 Å². The van der Waals surface area contributed by atoms with Crippen molar-refractivity contribution in [1.29, 1.82) is 0 Å². The van der Waals surface area contributed by atoms with Crippen molar-refractivity contribution < 1.29 is 14.3 Å². The summed E-state index contributed by atoms with van der Waals surface area (Å²) in [6, 6.07) is 6.90. The van der Waals surface area contributed by atoms with E-state index in [0.717, 1.165) is 0 Å². The molecule has 1 aromatic rings. The third-order valence-corrected chi connectivity index (χ3v) is 1.79. The average molecular weight is 292 g/mol. The zero-order valence-electron chi connectivity index (χ0n) is 7.12. The molecule has 0 atom stereocenters. The second-order valence-corrected chi connectivity index (χ2v) is 2.90. The fraction of sp³-hybridized carbons (Fsp3) is 0.222. The predicted octanol–water partition coefficient (Wildman–Crippen LogP) is 2.24. The van der Waals surface area contributed by atoms with Gasteiger partial charge in [0, 0.05) is 0 Å². The molecule has 0 heterocycles. The van der Waals surface area contributed by atoms with Crippen LogP contribution in [0.15, 0.2) is 24.3 Å². The van der Waals surface area contributed by atoms with Gasteiger partial charge in [-0.1, -0.05) is 6.07 Å². The molecule has 0 saturated carbocycles. The minimum absolute atomic E-state index is 0.348. The van der Waals surface area contributed by atoms with Crippen molar-refractivity contribution in [2.24, 2.45) is 0 Å². The Morgan fingerprint density at radius 2 is 2.31 bits per heavy atom. The number of alkyl halides is 1. The van der Waals surface area contributed by atoms with E-state index >= 15 is 0 Å². The molecule has 1 aromatic carbocycles. The van der Waals surface area contributed by atoms with E-state index in [4.69, 9.17) is 4.74 Å². The number of methoxy groups -OCH3 is 1. The van der Waals surface area contributed by atoms with Crippen LogP contribution in [-0.4, -0.2) is 17.7 Å². The van der Waals surface area contributed by atoms with Crippen LogP contribution >= 0.6 is 22.6 Å². The highest BCUT2D eigenvalue weighted by atomic mass is 127. The van der Waals surface area contributed by atoms with Crippen molar-refractivity contribution in [3.8, 4) is 5.75 Å². The lowest BCUT2D eigenvalue weighted by Crippen LogP contribution is -2.01. The molecule has 0 amide bonds. The van der Waals surface area contributed by atoms with Crippen LogP contribution in [0, 0.1) is 0 Å². The Bertz CT molecular complexity index is 299. The molecule has 0 fully saturated rings. The van der Waals surface area contributed by atoms with Crippen LogP contribution in [0.3, 0.4) is 0 Å². The molecule has 70 valence electrons. The maximum Gasteiger partial charge on any atom is 0.337 e. The number of hydrogen-bond donors (Lipinski definition) is 0. The highest BCUT2D eigenvalue weighted by Crippen LogP contribution is 2.14. The van der Waals surface area contributed by atoms with E-state index in [9.17, 15) is 4.79 Å². The Morgan fingerprint density at radius 3 is 2.92 bits per heavy atom. The first kappa shape index (κ1) is 10.3. The van der Waals surface area contributed by atoms with E-state index in [-0.39, 0.29) is 5.97 Å². The van der Waals surface area contributed by atoms with E-state index in [1.165, 1.54) is 7.11 Å². The van der Waals surface area contributed by atoms with Crippen LogP contribution < -0.4 is 4.74 Å². The molecule has 0 bridgehead atoms. The number of ether oxygens (including phenoxy) is 2. The summed E-state index contributed by atoms with van der Waals surface area (Å²) < 4.78 is 10.4. The number of hydrogen-bond acceptors (Lipinski definition) is 3. The predicted molar refractivity (Wildman–Crippen MR) is 57.3 cm³/mol. The van der Waals surface area contributed by atoms with E-state index in [2.05, 4.69) is 27.3 Å². The molecule has 0 aromatic heterocycles. The average Bonchev–Trinajstić information content (AvgIpc) is 2.18. The Balaban J connectivity index is 2.85. The third kappa shape index (κ3) is 2.87. The van der Waals surface area contributed by atoms with Crippen molar-refractivity contribution in [3.63, 3.8) is 0 Å². The number of rotatable bonds is 3. The molecule has 3 nitrogen and oxygen atoms in total. The molecule has 0 spiro atoms. The van der Waals surface area contributed by atoms with Gasteiger partial charge in [-0.05, 0) is 40.8 Å². The number of carbonyl (C=O) groups is 1. The summed E-state index contributed by atoms with van der Waals surface area (Å²) in [5, 5.41) is 0. The molecule has 0 saturated heterocycles. The van der Waals surface area contributed by atoms with Crippen LogP contribution in [0.25, 0.3) is 0 Å². The zero-order chi connectivity index (χ0) is 9.68. The first-order valence-corrected chi connectivity index (χ1v) is 5.17. The zero-order valence-corrected chi connectivity index (χ0v) is 9.28. The van der Waals surface area contributed by atoms with Crippen LogP contribution in [-0.2, 0) is 4.74 Å². The standard InChI is InChI=1S/C9H9IO3/c1-12-9(11)7-3-2-4-8(5-7)13-6-10/h2-5H,6H2,1H3. The molecule has 0 N–H and O–H groups in total. The molecule has 0 unspecified atom stereocenters. The van der Waals surface area contributed by atoms with E-state index < -0.39 is 0 Å². The fourth-order valence-electron chi connectivity index (χ4n) is 0.894. The summed E-state index contributed by atoms with van der Waals surface area (Å²) in [6.07, 6.45) is 0. The molecule has 0 aliphatic rings. The number of carbonyl (C=O) groups excluding carboxylic acids is 1. The Kier molecular flexibility index (Phi) is 4.01. The first-order chi connectivity index (χ1) is 6.27. The van der Waals surface area contributed by atoms with Gasteiger partial charge in [0.2, 0.25) is 0 Å². The van der Waals surface area contributed by atoms with Crippen molar-refractivity contribution in [2.45, 2.75) is 0 Å². The minimum atomic E-state index is -0.348. The van der Waals surface area contributed by atoms with Gasteiger partial charge in [-0.2, -0.15) is 0 Å². The van der Waals surface area contributed by atoms with Crippen molar-refractivity contribution in [3.05, 3.63) is 29.8 Å². The maximum absolute atomic E-state index is 11.1. The third-order valence-electron chi connectivity index (χ3n) is 1.48.